The molecule has 0 bridgehead atoms. The smallest absolute Gasteiger partial charge is 0.178 e. The number of pyridine rings is 1. The standard InChI is InChI=1S/C16H17N3S/c1-11(2)13-5-3-12(4-6-13)10-19-15-7-8-17-9-14(15)18-16(19)20/h3-9,11H,10H2,1-2H3,(H,18,20). The Morgan fingerprint density at radius 1 is 1.20 bits per heavy atom. The average molecular weight is 283 g/mol. The molecule has 0 spiro atoms. The van der Waals surface area contributed by atoms with Gasteiger partial charge in [-0.3, -0.25) is 4.98 Å². The molecule has 2 aromatic heterocycles. The number of rotatable bonds is 3. The summed E-state index contributed by atoms with van der Waals surface area (Å²) in [5.74, 6) is 0.561. The Hall–Kier alpha value is -1.94. The molecule has 0 unspecified atom stereocenters. The highest BCUT2D eigenvalue weighted by Gasteiger charge is 2.05. The summed E-state index contributed by atoms with van der Waals surface area (Å²) in [5.41, 5.74) is 4.69. The number of H-pyrrole nitrogens is 1. The van der Waals surface area contributed by atoms with E-state index < -0.39 is 0 Å². The Morgan fingerprint density at radius 3 is 2.65 bits per heavy atom. The van der Waals surface area contributed by atoms with Crippen LogP contribution in [0.1, 0.15) is 30.9 Å². The van der Waals surface area contributed by atoms with E-state index in [1.807, 2.05) is 12.3 Å². The zero-order chi connectivity index (χ0) is 14.1. The Morgan fingerprint density at radius 2 is 1.95 bits per heavy atom. The van der Waals surface area contributed by atoms with Crippen molar-refractivity contribution in [3.05, 3.63) is 58.6 Å². The molecule has 3 aromatic rings. The van der Waals surface area contributed by atoms with Gasteiger partial charge in [-0.25, -0.2) is 0 Å². The summed E-state index contributed by atoms with van der Waals surface area (Å²) < 4.78 is 2.84. The number of fused-ring (bicyclic) bond motifs is 1. The van der Waals surface area contributed by atoms with Crippen molar-refractivity contribution >= 4 is 23.3 Å². The first kappa shape index (κ1) is 13.1. The Kier molecular flexibility index (Phi) is 3.40. The normalized spacial score (nSPS) is 11.3. The third-order valence-corrected chi connectivity index (χ3v) is 3.89. The van der Waals surface area contributed by atoms with Gasteiger partial charge in [-0.15, -0.1) is 0 Å². The molecule has 1 N–H and O–H groups in total. The number of hydrogen-bond acceptors (Lipinski definition) is 2. The molecule has 3 nitrogen and oxygen atoms in total. The molecule has 4 heteroatoms. The van der Waals surface area contributed by atoms with Gasteiger partial charge in [0, 0.05) is 6.20 Å². The molecule has 20 heavy (non-hydrogen) atoms. The number of nitrogens with zero attached hydrogens (tertiary/aromatic N) is 2. The van der Waals surface area contributed by atoms with Crippen molar-refractivity contribution in [1.29, 1.82) is 0 Å². The molecule has 0 aliphatic heterocycles. The fraction of sp³-hybridized carbons (Fsp3) is 0.250. The van der Waals surface area contributed by atoms with E-state index >= 15 is 0 Å². The van der Waals surface area contributed by atoms with Gasteiger partial charge in [-0.1, -0.05) is 38.1 Å². The van der Waals surface area contributed by atoms with Gasteiger partial charge in [0.15, 0.2) is 4.77 Å². The summed E-state index contributed by atoms with van der Waals surface area (Å²) in [6.45, 7) is 5.19. The molecule has 102 valence electrons. The predicted octanol–water partition coefficient (Wildman–Crippen LogP) is 4.27. The molecule has 0 radical (unpaired) electrons. The van der Waals surface area contributed by atoms with Crippen molar-refractivity contribution < 1.29 is 0 Å². The van der Waals surface area contributed by atoms with Gasteiger partial charge in [0.05, 0.1) is 23.8 Å². The van der Waals surface area contributed by atoms with Crippen LogP contribution in [0.2, 0.25) is 0 Å². The van der Waals surface area contributed by atoms with Gasteiger partial charge in [0.25, 0.3) is 0 Å². The number of benzene rings is 1. The van der Waals surface area contributed by atoms with Crippen LogP contribution in [-0.4, -0.2) is 14.5 Å². The number of aromatic nitrogens is 3. The third-order valence-electron chi connectivity index (χ3n) is 3.56. The van der Waals surface area contributed by atoms with E-state index in [1.165, 1.54) is 11.1 Å². The van der Waals surface area contributed by atoms with Crippen LogP contribution in [0, 0.1) is 4.77 Å². The summed E-state index contributed by atoms with van der Waals surface area (Å²) in [5, 5.41) is 0. The molecule has 3 rings (SSSR count). The van der Waals surface area contributed by atoms with Crippen LogP contribution < -0.4 is 0 Å². The summed E-state index contributed by atoms with van der Waals surface area (Å²) >= 11 is 5.40. The molecule has 0 saturated heterocycles. The van der Waals surface area contributed by atoms with Crippen molar-refractivity contribution in [3.8, 4) is 0 Å². The maximum Gasteiger partial charge on any atom is 0.178 e. The fourth-order valence-corrected chi connectivity index (χ4v) is 2.63. The maximum absolute atomic E-state index is 5.40. The van der Waals surface area contributed by atoms with Gasteiger partial charge in [-0.2, -0.15) is 0 Å². The highest BCUT2D eigenvalue weighted by atomic mass is 32.1. The lowest BCUT2D eigenvalue weighted by Gasteiger charge is -2.08. The van der Waals surface area contributed by atoms with Gasteiger partial charge < -0.3 is 9.55 Å². The Bertz CT molecular complexity index is 781. The maximum atomic E-state index is 5.40. The molecule has 0 saturated carbocycles. The molecular formula is C16H17N3S. The first-order valence-electron chi connectivity index (χ1n) is 6.76. The zero-order valence-electron chi connectivity index (χ0n) is 11.6. The number of hydrogen-bond donors (Lipinski definition) is 1. The van der Waals surface area contributed by atoms with E-state index in [-0.39, 0.29) is 0 Å². The van der Waals surface area contributed by atoms with E-state index in [0.29, 0.717) is 5.92 Å². The van der Waals surface area contributed by atoms with Gasteiger partial charge in [0.1, 0.15) is 0 Å². The first-order chi connectivity index (χ1) is 9.65. The van der Waals surface area contributed by atoms with Crippen LogP contribution in [0.3, 0.4) is 0 Å². The van der Waals surface area contributed by atoms with Crippen molar-refractivity contribution in [2.45, 2.75) is 26.3 Å². The Balaban J connectivity index is 1.97. The van der Waals surface area contributed by atoms with Crippen molar-refractivity contribution in [1.82, 2.24) is 14.5 Å². The number of nitrogens with one attached hydrogen (secondary N) is 1. The lowest BCUT2D eigenvalue weighted by Crippen LogP contribution is -2.00. The quantitative estimate of drug-likeness (QED) is 0.728. The number of aromatic amines is 1. The van der Waals surface area contributed by atoms with E-state index in [0.717, 1.165) is 22.3 Å². The second-order valence-corrected chi connectivity index (χ2v) is 5.69. The summed E-state index contributed by atoms with van der Waals surface area (Å²) in [4.78, 5) is 7.31. The van der Waals surface area contributed by atoms with Crippen LogP contribution in [0.15, 0.2) is 42.7 Å². The molecule has 0 atom stereocenters. The first-order valence-corrected chi connectivity index (χ1v) is 7.17. The molecule has 1 aromatic carbocycles. The van der Waals surface area contributed by atoms with Crippen LogP contribution in [-0.2, 0) is 6.54 Å². The topological polar surface area (TPSA) is 33.6 Å². The highest BCUT2D eigenvalue weighted by molar-refractivity contribution is 7.71. The molecule has 0 aliphatic carbocycles. The summed E-state index contributed by atoms with van der Waals surface area (Å²) in [6.07, 6.45) is 3.60. The molecule has 0 aliphatic rings. The molecule has 0 fully saturated rings. The monoisotopic (exact) mass is 283 g/mol. The van der Waals surface area contributed by atoms with Gasteiger partial charge in [0.2, 0.25) is 0 Å². The van der Waals surface area contributed by atoms with Crippen molar-refractivity contribution in [2.75, 3.05) is 0 Å². The van der Waals surface area contributed by atoms with E-state index in [2.05, 4.69) is 52.6 Å². The largest absolute Gasteiger partial charge is 0.329 e. The zero-order valence-corrected chi connectivity index (χ0v) is 12.4. The van der Waals surface area contributed by atoms with E-state index in [4.69, 9.17) is 12.2 Å². The number of imidazole rings is 1. The fourth-order valence-electron chi connectivity index (χ4n) is 2.36. The van der Waals surface area contributed by atoms with Gasteiger partial charge in [-0.05, 0) is 35.3 Å². The van der Waals surface area contributed by atoms with Gasteiger partial charge >= 0.3 is 0 Å². The van der Waals surface area contributed by atoms with E-state index in [1.54, 1.807) is 6.20 Å². The van der Waals surface area contributed by atoms with Crippen LogP contribution in [0.5, 0.6) is 0 Å². The summed E-state index contributed by atoms with van der Waals surface area (Å²) in [7, 11) is 0. The van der Waals surface area contributed by atoms with Crippen LogP contribution in [0.4, 0.5) is 0 Å². The lowest BCUT2D eigenvalue weighted by atomic mass is 10.0. The SMILES string of the molecule is CC(C)c1ccc(Cn2c(=S)[nH]c3cnccc32)cc1. The Labute approximate surface area is 123 Å². The minimum atomic E-state index is 0.561. The minimum Gasteiger partial charge on any atom is -0.329 e. The average Bonchev–Trinajstić information content (AvgIpc) is 2.76. The second kappa shape index (κ2) is 5.21. The lowest BCUT2D eigenvalue weighted by molar-refractivity contribution is 0.806. The predicted molar refractivity (Wildman–Crippen MR) is 84.6 cm³/mol. The highest BCUT2D eigenvalue weighted by Crippen LogP contribution is 2.17. The molecule has 2 heterocycles. The summed E-state index contributed by atoms with van der Waals surface area (Å²) in [6, 6.07) is 10.7. The minimum absolute atomic E-state index is 0.561. The van der Waals surface area contributed by atoms with Crippen LogP contribution >= 0.6 is 12.2 Å². The molecular weight excluding hydrogens is 266 g/mol. The second-order valence-electron chi connectivity index (χ2n) is 5.31. The molecule has 0 amide bonds. The van der Waals surface area contributed by atoms with E-state index in [9.17, 15) is 0 Å². The van der Waals surface area contributed by atoms with Crippen molar-refractivity contribution in [2.24, 2.45) is 0 Å². The third kappa shape index (κ3) is 2.39. The van der Waals surface area contributed by atoms with Crippen LogP contribution in [0.25, 0.3) is 11.0 Å². The van der Waals surface area contributed by atoms with Crippen molar-refractivity contribution in [3.63, 3.8) is 0 Å².